The van der Waals surface area contributed by atoms with Crippen molar-refractivity contribution >= 4 is 11.9 Å². The van der Waals surface area contributed by atoms with E-state index in [0.717, 1.165) is 17.0 Å². The van der Waals surface area contributed by atoms with Crippen molar-refractivity contribution < 1.29 is 33.3 Å². The Morgan fingerprint density at radius 1 is 0.833 bits per heavy atom. The molecule has 0 aliphatic carbocycles. The number of methoxy groups -OCH3 is 2. The third-order valence-corrected chi connectivity index (χ3v) is 6.75. The molecule has 0 saturated heterocycles. The quantitative estimate of drug-likeness (QED) is 0.232. The number of aromatic nitrogens is 2. The molecule has 0 unspecified atom stereocenters. The lowest BCUT2D eigenvalue weighted by Gasteiger charge is -2.30. The number of nitrogens with one attached hydrogen (secondary N) is 1. The van der Waals surface area contributed by atoms with Crippen LogP contribution < -0.4 is 10.1 Å². The van der Waals surface area contributed by atoms with Gasteiger partial charge in [-0.3, -0.25) is 0 Å². The summed E-state index contributed by atoms with van der Waals surface area (Å²) in [6, 6.07) is 17.2. The number of allylic oxidation sites excluding steroid dienone is 2. The van der Waals surface area contributed by atoms with Gasteiger partial charge in [-0.2, -0.15) is 5.10 Å². The van der Waals surface area contributed by atoms with E-state index in [2.05, 4.69) is 5.32 Å². The minimum atomic E-state index is -0.838. The molecule has 0 spiro atoms. The first kappa shape index (κ1) is 30.5. The third kappa shape index (κ3) is 6.89. The van der Waals surface area contributed by atoms with E-state index in [-0.39, 0.29) is 37.6 Å². The second-order valence-electron chi connectivity index (χ2n) is 9.56. The second kappa shape index (κ2) is 14.5. The Morgan fingerprint density at radius 3 is 1.93 bits per heavy atom. The highest BCUT2D eigenvalue weighted by atomic mass is 16.6. The van der Waals surface area contributed by atoms with Gasteiger partial charge in [0.25, 0.3) is 0 Å². The van der Waals surface area contributed by atoms with Crippen molar-refractivity contribution in [1.82, 2.24) is 15.1 Å². The molecule has 10 nitrogen and oxygen atoms in total. The number of ether oxygens (including phenoxy) is 5. The van der Waals surface area contributed by atoms with Crippen molar-refractivity contribution in [2.45, 2.75) is 26.7 Å². The number of carbonyl (C=O) groups excluding carboxylic acids is 2. The Hall–Kier alpha value is -4.41. The van der Waals surface area contributed by atoms with Crippen molar-refractivity contribution in [2.24, 2.45) is 0 Å². The van der Waals surface area contributed by atoms with Gasteiger partial charge >= 0.3 is 11.9 Å². The van der Waals surface area contributed by atoms with Crippen LogP contribution in [-0.4, -0.2) is 69.0 Å². The number of rotatable bonds is 13. The lowest BCUT2D eigenvalue weighted by molar-refractivity contribution is -0.141. The normalized spacial score (nSPS) is 13.6. The highest BCUT2D eigenvalue weighted by Crippen LogP contribution is 2.43. The van der Waals surface area contributed by atoms with Gasteiger partial charge in [-0.15, -0.1) is 0 Å². The lowest BCUT2D eigenvalue weighted by atomic mass is 9.79. The first-order chi connectivity index (χ1) is 20.4. The van der Waals surface area contributed by atoms with E-state index in [1.165, 1.54) is 14.2 Å². The van der Waals surface area contributed by atoms with E-state index < -0.39 is 17.9 Å². The molecule has 1 N–H and O–H groups in total. The summed E-state index contributed by atoms with van der Waals surface area (Å²) in [5.74, 6) is -1.25. The van der Waals surface area contributed by atoms with Crippen molar-refractivity contribution in [2.75, 3.05) is 47.3 Å². The van der Waals surface area contributed by atoms with E-state index in [1.807, 2.05) is 67.7 Å². The van der Waals surface area contributed by atoms with Crippen molar-refractivity contribution in [3.05, 3.63) is 88.9 Å². The molecule has 0 fully saturated rings. The first-order valence-corrected chi connectivity index (χ1v) is 13.8. The number of dihydropyridines is 1. The molecule has 42 heavy (non-hydrogen) atoms. The minimum Gasteiger partial charge on any atom is -0.494 e. The van der Waals surface area contributed by atoms with Gasteiger partial charge < -0.3 is 29.0 Å². The van der Waals surface area contributed by atoms with E-state index in [0.29, 0.717) is 29.3 Å². The fraction of sp³-hybridized carbons (Fsp3) is 0.344. The van der Waals surface area contributed by atoms with Gasteiger partial charge in [0.05, 0.1) is 48.3 Å². The predicted octanol–water partition coefficient (Wildman–Crippen LogP) is 4.55. The number of hydrogen-bond donors (Lipinski definition) is 1. The van der Waals surface area contributed by atoms with Gasteiger partial charge in [-0.1, -0.05) is 18.2 Å². The average molecular weight is 576 g/mol. The van der Waals surface area contributed by atoms with E-state index in [1.54, 1.807) is 18.5 Å². The Labute approximate surface area is 245 Å². The van der Waals surface area contributed by atoms with Crippen LogP contribution in [-0.2, 0) is 28.5 Å². The van der Waals surface area contributed by atoms with Crippen LogP contribution >= 0.6 is 0 Å². The van der Waals surface area contributed by atoms with Crippen LogP contribution in [0.3, 0.4) is 0 Å². The molecule has 0 bridgehead atoms. The van der Waals surface area contributed by atoms with Crippen LogP contribution in [0, 0.1) is 0 Å². The van der Waals surface area contributed by atoms with Gasteiger partial charge in [0.15, 0.2) is 0 Å². The van der Waals surface area contributed by atoms with Crippen LogP contribution in [0.5, 0.6) is 5.75 Å². The molecule has 222 valence electrons. The number of benzene rings is 2. The van der Waals surface area contributed by atoms with Gasteiger partial charge in [-0.05, 0) is 57.2 Å². The van der Waals surface area contributed by atoms with E-state index in [9.17, 15) is 9.59 Å². The maximum Gasteiger partial charge on any atom is 0.336 e. The molecule has 4 rings (SSSR count). The molecule has 2 aromatic carbocycles. The fourth-order valence-electron chi connectivity index (χ4n) is 4.85. The highest BCUT2D eigenvalue weighted by molar-refractivity contribution is 6.00. The maximum absolute atomic E-state index is 13.6. The van der Waals surface area contributed by atoms with E-state index in [4.69, 9.17) is 28.8 Å². The molecule has 3 aromatic rings. The Morgan fingerprint density at radius 2 is 1.40 bits per heavy atom. The molecule has 0 radical (unpaired) electrons. The summed E-state index contributed by atoms with van der Waals surface area (Å²) in [6.45, 7) is 6.63. The number of nitrogens with zero attached hydrogens (tertiary/aromatic N) is 2. The van der Waals surface area contributed by atoms with Crippen molar-refractivity contribution in [3.63, 3.8) is 0 Å². The molecular formula is C32H37N3O7. The van der Waals surface area contributed by atoms with Crippen LogP contribution in [0.4, 0.5) is 0 Å². The Bertz CT molecular complexity index is 1400. The topological polar surface area (TPSA) is 110 Å². The molecular weight excluding hydrogens is 538 g/mol. The largest absolute Gasteiger partial charge is 0.494 e. The molecule has 0 amide bonds. The smallest absolute Gasteiger partial charge is 0.336 e. The summed E-state index contributed by atoms with van der Waals surface area (Å²) >= 11 is 0. The minimum absolute atomic E-state index is 0.0597. The summed E-state index contributed by atoms with van der Waals surface area (Å²) < 4.78 is 28.7. The predicted molar refractivity (Wildman–Crippen MR) is 157 cm³/mol. The average Bonchev–Trinajstić information content (AvgIpc) is 3.43. The zero-order chi connectivity index (χ0) is 30.1. The van der Waals surface area contributed by atoms with E-state index >= 15 is 0 Å². The van der Waals surface area contributed by atoms with Crippen molar-refractivity contribution in [1.29, 1.82) is 0 Å². The summed E-state index contributed by atoms with van der Waals surface area (Å²) in [5, 5.41) is 8.15. The standard InChI is InChI=1S/C32H37N3O7/c1-6-40-25-14-12-23(13-15-25)30-26(20-35(34-30)24-10-8-7-9-11-24)29-27(31(36)41-18-16-38-4)21(2)33-22(3)28(29)32(37)42-19-17-39-5/h7-15,20,29,33H,6,16-19H2,1-5H3. The van der Waals surface area contributed by atoms with Gasteiger partial charge in [0.2, 0.25) is 0 Å². The fourth-order valence-corrected chi connectivity index (χ4v) is 4.85. The molecule has 1 aliphatic heterocycles. The zero-order valence-electron chi connectivity index (χ0n) is 24.6. The van der Waals surface area contributed by atoms with Crippen LogP contribution in [0.1, 0.15) is 32.3 Å². The molecule has 1 aliphatic rings. The van der Waals surface area contributed by atoms with Crippen molar-refractivity contribution in [3.8, 4) is 22.7 Å². The van der Waals surface area contributed by atoms with Gasteiger partial charge in [0.1, 0.15) is 19.0 Å². The Balaban J connectivity index is 1.91. The van der Waals surface area contributed by atoms with Gasteiger partial charge in [-0.25, -0.2) is 14.3 Å². The maximum atomic E-state index is 13.6. The third-order valence-electron chi connectivity index (χ3n) is 6.75. The molecule has 1 aromatic heterocycles. The second-order valence-corrected chi connectivity index (χ2v) is 9.56. The number of hydrogen-bond acceptors (Lipinski definition) is 9. The summed E-state index contributed by atoms with van der Waals surface area (Å²) in [4.78, 5) is 27.3. The lowest BCUT2D eigenvalue weighted by Crippen LogP contribution is -2.33. The van der Waals surface area contributed by atoms with Crippen LogP contribution in [0.2, 0.25) is 0 Å². The first-order valence-electron chi connectivity index (χ1n) is 13.8. The summed E-state index contributed by atoms with van der Waals surface area (Å²) in [6.07, 6.45) is 1.85. The summed E-state index contributed by atoms with van der Waals surface area (Å²) in [7, 11) is 3.06. The Kier molecular flexibility index (Phi) is 10.5. The number of esters is 2. The highest BCUT2D eigenvalue weighted by Gasteiger charge is 2.40. The molecule has 0 saturated carbocycles. The number of para-hydroxylation sites is 1. The summed E-state index contributed by atoms with van der Waals surface area (Å²) in [5.41, 5.74) is 4.55. The monoisotopic (exact) mass is 575 g/mol. The SMILES string of the molecule is CCOc1ccc(-c2nn(-c3ccccc3)cc2C2C(C(=O)OCCOC)=C(C)NC(C)=C2C(=O)OCCOC)cc1. The zero-order valence-corrected chi connectivity index (χ0v) is 24.6. The van der Waals surface area contributed by atoms with Crippen LogP contribution in [0.15, 0.2) is 83.3 Å². The number of carbonyl (C=O) groups is 2. The molecule has 0 atom stereocenters. The molecule has 10 heteroatoms. The van der Waals surface area contributed by atoms with Gasteiger partial charge in [0, 0.05) is 42.9 Å². The molecule has 2 heterocycles. The van der Waals surface area contributed by atoms with Crippen LogP contribution in [0.25, 0.3) is 16.9 Å².